The van der Waals surface area contributed by atoms with Crippen molar-refractivity contribution in [3.8, 4) is 0 Å². The summed E-state index contributed by atoms with van der Waals surface area (Å²) in [5, 5.41) is 2.59. The first kappa shape index (κ1) is 15.0. The van der Waals surface area contributed by atoms with Gasteiger partial charge in [-0.3, -0.25) is 4.72 Å². The Balaban J connectivity index is 2.35. The Kier molecular flexibility index (Phi) is 3.98. The minimum Gasteiger partial charge on any atom is -0.357 e. The summed E-state index contributed by atoms with van der Waals surface area (Å²) in [5.74, 6) is -4.63. The second kappa shape index (κ2) is 5.56. The number of hydrogen-bond acceptors (Lipinski definition) is 5. The van der Waals surface area contributed by atoms with Gasteiger partial charge in [0.05, 0.1) is 18.1 Å². The van der Waals surface area contributed by atoms with Crippen molar-refractivity contribution in [2.75, 3.05) is 17.1 Å². The summed E-state index contributed by atoms with van der Waals surface area (Å²) >= 11 is 0. The van der Waals surface area contributed by atoms with Crippen molar-refractivity contribution >= 4 is 21.7 Å². The molecule has 0 aliphatic carbocycles. The predicted molar refractivity (Wildman–Crippen MR) is 68.7 cm³/mol. The topological polar surface area (TPSA) is 84.0 Å². The number of anilines is 2. The zero-order valence-corrected chi connectivity index (χ0v) is 11.4. The predicted octanol–water partition coefficient (Wildman–Crippen LogP) is 1.74. The normalized spacial score (nSPS) is 11.2. The quantitative estimate of drug-likeness (QED) is 0.839. The van der Waals surface area contributed by atoms with Crippen LogP contribution in [0.25, 0.3) is 0 Å². The zero-order valence-electron chi connectivity index (χ0n) is 10.6. The lowest BCUT2D eigenvalue weighted by Gasteiger charge is -2.09. The third-order valence-electron chi connectivity index (χ3n) is 2.44. The van der Waals surface area contributed by atoms with Gasteiger partial charge in [0, 0.05) is 7.05 Å². The van der Waals surface area contributed by atoms with Gasteiger partial charge >= 0.3 is 0 Å². The largest absolute Gasteiger partial charge is 0.357 e. The first-order chi connectivity index (χ1) is 9.85. The Bertz CT molecular complexity index is 766. The number of sulfonamides is 1. The maximum Gasteiger partial charge on any atom is 0.265 e. The Morgan fingerprint density at radius 2 is 1.67 bits per heavy atom. The number of nitrogens with zero attached hydrogens (tertiary/aromatic N) is 2. The molecule has 2 aromatic rings. The lowest BCUT2D eigenvalue weighted by Crippen LogP contribution is -2.15. The minimum atomic E-state index is -4.22. The highest BCUT2D eigenvalue weighted by Crippen LogP contribution is 2.22. The minimum absolute atomic E-state index is 0.188. The average molecular weight is 318 g/mol. The third-order valence-corrected chi connectivity index (χ3v) is 3.76. The average Bonchev–Trinajstić information content (AvgIpc) is 2.48. The molecule has 0 spiro atoms. The van der Waals surface area contributed by atoms with Crippen LogP contribution in [0.3, 0.4) is 0 Å². The van der Waals surface area contributed by atoms with Crippen LogP contribution in [0.1, 0.15) is 0 Å². The molecule has 0 amide bonds. The van der Waals surface area contributed by atoms with Gasteiger partial charge in [-0.1, -0.05) is 0 Å². The van der Waals surface area contributed by atoms with Crippen LogP contribution >= 0.6 is 0 Å². The lowest BCUT2D eigenvalue weighted by atomic mass is 10.3. The van der Waals surface area contributed by atoms with Gasteiger partial charge in [-0.05, 0) is 12.1 Å². The van der Waals surface area contributed by atoms with Crippen LogP contribution in [-0.4, -0.2) is 25.4 Å². The second-order valence-corrected chi connectivity index (χ2v) is 5.50. The van der Waals surface area contributed by atoms with E-state index in [-0.39, 0.29) is 10.8 Å². The molecule has 0 aliphatic rings. The highest BCUT2D eigenvalue weighted by Gasteiger charge is 2.20. The molecule has 0 saturated heterocycles. The van der Waals surface area contributed by atoms with E-state index in [1.807, 2.05) is 0 Å². The SMILES string of the molecule is CNc1ncc(S(=O)(=O)Nc2ccc(F)c(F)c2F)cn1. The lowest BCUT2D eigenvalue weighted by molar-refractivity contribution is 0.449. The molecule has 0 radical (unpaired) electrons. The van der Waals surface area contributed by atoms with Gasteiger partial charge in [-0.2, -0.15) is 0 Å². The summed E-state index contributed by atoms with van der Waals surface area (Å²) in [7, 11) is -2.68. The van der Waals surface area contributed by atoms with E-state index in [4.69, 9.17) is 0 Å². The smallest absolute Gasteiger partial charge is 0.265 e. The molecule has 1 heterocycles. The van der Waals surface area contributed by atoms with Gasteiger partial charge in [0.15, 0.2) is 17.5 Å². The van der Waals surface area contributed by atoms with Gasteiger partial charge in [-0.25, -0.2) is 31.6 Å². The number of aromatic nitrogens is 2. The van der Waals surface area contributed by atoms with E-state index in [0.29, 0.717) is 6.07 Å². The molecule has 10 heteroatoms. The molecule has 0 atom stereocenters. The van der Waals surface area contributed by atoms with E-state index >= 15 is 0 Å². The van der Waals surface area contributed by atoms with E-state index in [0.717, 1.165) is 18.5 Å². The van der Waals surface area contributed by atoms with Gasteiger partial charge in [-0.15, -0.1) is 0 Å². The van der Waals surface area contributed by atoms with E-state index < -0.39 is 33.2 Å². The van der Waals surface area contributed by atoms with E-state index in [9.17, 15) is 21.6 Å². The number of nitrogens with one attached hydrogen (secondary N) is 2. The van der Waals surface area contributed by atoms with Crippen molar-refractivity contribution in [2.24, 2.45) is 0 Å². The van der Waals surface area contributed by atoms with E-state index in [2.05, 4.69) is 15.3 Å². The number of hydrogen-bond donors (Lipinski definition) is 2. The van der Waals surface area contributed by atoms with Crippen LogP contribution in [0.15, 0.2) is 29.4 Å². The van der Waals surface area contributed by atoms with E-state index in [1.54, 1.807) is 11.8 Å². The Morgan fingerprint density at radius 3 is 2.24 bits per heavy atom. The molecule has 0 fully saturated rings. The zero-order chi connectivity index (χ0) is 15.6. The maximum absolute atomic E-state index is 13.4. The number of benzene rings is 1. The fraction of sp³-hybridized carbons (Fsp3) is 0.0909. The molecule has 1 aromatic carbocycles. The molecule has 0 aliphatic heterocycles. The first-order valence-electron chi connectivity index (χ1n) is 5.51. The third kappa shape index (κ3) is 3.05. The molecule has 0 bridgehead atoms. The van der Waals surface area contributed by atoms with Crippen molar-refractivity contribution in [3.05, 3.63) is 42.0 Å². The molecule has 0 unspecified atom stereocenters. The summed E-state index contributed by atoms with van der Waals surface area (Å²) in [6.07, 6.45) is 1.97. The summed E-state index contributed by atoms with van der Waals surface area (Å²) in [5.41, 5.74) is -0.716. The molecule has 2 N–H and O–H groups in total. The van der Waals surface area contributed by atoms with Gasteiger partial charge in [0.25, 0.3) is 10.0 Å². The molecule has 21 heavy (non-hydrogen) atoms. The summed E-state index contributed by atoms with van der Waals surface area (Å²) in [6, 6.07) is 1.38. The molecular formula is C11H9F3N4O2S. The summed E-state index contributed by atoms with van der Waals surface area (Å²) in [6.45, 7) is 0. The molecule has 1 aromatic heterocycles. The van der Waals surface area contributed by atoms with Crippen LogP contribution in [0.2, 0.25) is 0 Å². The number of halogens is 3. The summed E-state index contributed by atoms with van der Waals surface area (Å²) < 4.78 is 65.0. The van der Waals surface area contributed by atoms with Gasteiger partial charge < -0.3 is 5.32 Å². The Morgan fingerprint density at radius 1 is 1.05 bits per heavy atom. The molecule has 6 nitrogen and oxygen atoms in total. The standard InChI is InChI=1S/C11H9F3N4O2S/c1-15-11-16-4-6(5-17-11)21(19,20)18-8-3-2-7(12)9(13)10(8)14/h2-5,18H,1H3,(H,15,16,17). The second-order valence-electron chi connectivity index (χ2n) is 3.82. The highest BCUT2D eigenvalue weighted by atomic mass is 32.2. The van der Waals surface area contributed by atoms with Crippen LogP contribution < -0.4 is 10.0 Å². The maximum atomic E-state index is 13.4. The molecule has 2 rings (SSSR count). The molecular weight excluding hydrogens is 309 g/mol. The van der Waals surface area contributed by atoms with Gasteiger partial charge in [0.2, 0.25) is 5.95 Å². The molecule has 0 saturated carbocycles. The monoisotopic (exact) mass is 318 g/mol. The van der Waals surface area contributed by atoms with Crippen LogP contribution in [0.5, 0.6) is 0 Å². The summed E-state index contributed by atoms with van der Waals surface area (Å²) in [4.78, 5) is 7.02. The van der Waals surface area contributed by atoms with Gasteiger partial charge in [0.1, 0.15) is 4.90 Å². The van der Waals surface area contributed by atoms with Crippen LogP contribution in [0, 0.1) is 17.5 Å². The first-order valence-corrected chi connectivity index (χ1v) is 6.99. The molecule has 112 valence electrons. The number of rotatable bonds is 4. The van der Waals surface area contributed by atoms with Crippen molar-refractivity contribution in [3.63, 3.8) is 0 Å². The van der Waals surface area contributed by atoms with Crippen molar-refractivity contribution in [1.29, 1.82) is 0 Å². The van der Waals surface area contributed by atoms with Crippen LogP contribution in [-0.2, 0) is 10.0 Å². The Hall–Kier alpha value is -2.36. The Labute approximate surface area is 118 Å². The fourth-order valence-electron chi connectivity index (χ4n) is 1.39. The van der Waals surface area contributed by atoms with Crippen molar-refractivity contribution < 1.29 is 21.6 Å². The fourth-order valence-corrected chi connectivity index (χ4v) is 2.34. The van der Waals surface area contributed by atoms with Crippen molar-refractivity contribution in [2.45, 2.75) is 4.90 Å². The highest BCUT2D eigenvalue weighted by molar-refractivity contribution is 7.92. The van der Waals surface area contributed by atoms with Crippen molar-refractivity contribution in [1.82, 2.24) is 9.97 Å². The van der Waals surface area contributed by atoms with Crippen LogP contribution in [0.4, 0.5) is 24.8 Å². The van der Waals surface area contributed by atoms with E-state index in [1.165, 1.54) is 0 Å².